The summed E-state index contributed by atoms with van der Waals surface area (Å²) in [6, 6.07) is 0.0148. The predicted molar refractivity (Wildman–Crippen MR) is 78.3 cm³/mol. The molecule has 1 rings (SSSR count). The number of hydrogen-bond acceptors (Lipinski definition) is 3. The molecule has 1 heterocycles. The molecule has 20 heavy (non-hydrogen) atoms. The van der Waals surface area contributed by atoms with Gasteiger partial charge in [0.25, 0.3) is 0 Å². The summed E-state index contributed by atoms with van der Waals surface area (Å²) in [5.74, 6) is 0.244. The van der Waals surface area contributed by atoms with Crippen LogP contribution in [0.3, 0.4) is 0 Å². The highest BCUT2D eigenvalue weighted by molar-refractivity contribution is 5.93. The van der Waals surface area contributed by atoms with Gasteiger partial charge in [-0.05, 0) is 26.2 Å². The van der Waals surface area contributed by atoms with Crippen LogP contribution in [0.4, 0.5) is 0 Å². The third kappa shape index (κ3) is 3.72. The van der Waals surface area contributed by atoms with Crippen molar-refractivity contribution in [1.29, 1.82) is 0 Å². The van der Waals surface area contributed by atoms with Gasteiger partial charge in [0, 0.05) is 19.6 Å². The number of rotatable bonds is 6. The van der Waals surface area contributed by atoms with Crippen LogP contribution in [0.2, 0.25) is 0 Å². The standard InChI is InChI=1S/C15H28N2O3/c1-6-15(5)14(19)17(9-8-13(18)16-15)12(11(3)4)10-20-7-2/h11-12H,6-10H2,1-5H3,(H,16,18). The first-order chi connectivity index (χ1) is 9.35. The highest BCUT2D eigenvalue weighted by Gasteiger charge is 2.42. The minimum Gasteiger partial charge on any atom is -0.380 e. The monoisotopic (exact) mass is 284 g/mol. The molecular formula is C15H28N2O3. The Hall–Kier alpha value is -1.10. The van der Waals surface area contributed by atoms with Crippen molar-refractivity contribution in [3.05, 3.63) is 0 Å². The van der Waals surface area contributed by atoms with E-state index in [1.807, 2.05) is 25.7 Å². The zero-order valence-corrected chi connectivity index (χ0v) is 13.4. The van der Waals surface area contributed by atoms with Gasteiger partial charge in [-0.15, -0.1) is 0 Å². The van der Waals surface area contributed by atoms with Gasteiger partial charge < -0.3 is 15.0 Å². The van der Waals surface area contributed by atoms with Gasteiger partial charge >= 0.3 is 0 Å². The molecule has 0 saturated carbocycles. The molecule has 0 aromatic rings. The smallest absolute Gasteiger partial charge is 0.248 e. The van der Waals surface area contributed by atoms with Gasteiger partial charge in [-0.2, -0.15) is 0 Å². The number of carbonyl (C=O) groups excluding carboxylic acids is 2. The first-order valence-electron chi connectivity index (χ1n) is 7.55. The van der Waals surface area contributed by atoms with Crippen LogP contribution in [0.15, 0.2) is 0 Å². The molecule has 1 saturated heterocycles. The molecule has 0 aliphatic carbocycles. The van der Waals surface area contributed by atoms with E-state index in [4.69, 9.17) is 4.74 Å². The molecule has 1 aliphatic rings. The number of nitrogens with one attached hydrogen (secondary N) is 1. The van der Waals surface area contributed by atoms with Crippen molar-refractivity contribution in [2.45, 2.75) is 59.0 Å². The molecule has 0 aromatic carbocycles. The Bertz CT molecular complexity index is 357. The number of carbonyl (C=O) groups is 2. The van der Waals surface area contributed by atoms with Crippen molar-refractivity contribution in [1.82, 2.24) is 10.2 Å². The second-order valence-electron chi connectivity index (χ2n) is 5.95. The van der Waals surface area contributed by atoms with E-state index in [1.165, 1.54) is 0 Å². The Balaban J connectivity index is 2.99. The fourth-order valence-corrected chi connectivity index (χ4v) is 2.50. The van der Waals surface area contributed by atoms with E-state index >= 15 is 0 Å². The lowest BCUT2D eigenvalue weighted by Gasteiger charge is -2.38. The highest BCUT2D eigenvalue weighted by atomic mass is 16.5. The van der Waals surface area contributed by atoms with Crippen LogP contribution >= 0.6 is 0 Å². The lowest BCUT2D eigenvalue weighted by molar-refractivity contribution is -0.142. The van der Waals surface area contributed by atoms with Crippen LogP contribution in [0.1, 0.15) is 47.5 Å². The molecule has 0 bridgehead atoms. The molecule has 0 spiro atoms. The summed E-state index contributed by atoms with van der Waals surface area (Å²) < 4.78 is 5.53. The van der Waals surface area contributed by atoms with Gasteiger partial charge in [0.2, 0.25) is 11.8 Å². The van der Waals surface area contributed by atoms with E-state index < -0.39 is 5.54 Å². The molecule has 5 nitrogen and oxygen atoms in total. The summed E-state index contributed by atoms with van der Waals surface area (Å²) in [7, 11) is 0. The Kier molecular flexibility index (Phi) is 5.99. The summed E-state index contributed by atoms with van der Waals surface area (Å²) in [5.41, 5.74) is -0.799. The molecule has 5 heteroatoms. The van der Waals surface area contributed by atoms with E-state index in [0.717, 1.165) is 0 Å². The van der Waals surface area contributed by atoms with Crippen molar-refractivity contribution in [3.8, 4) is 0 Å². The minimum atomic E-state index is -0.799. The SMILES string of the molecule is CCOCC(C(C)C)N1CCC(=O)NC(C)(CC)C1=O. The van der Waals surface area contributed by atoms with E-state index in [-0.39, 0.29) is 17.9 Å². The molecule has 2 unspecified atom stereocenters. The number of hydrogen-bond donors (Lipinski definition) is 1. The molecule has 116 valence electrons. The van der Waals surface area contributed by atoms with Crippen molar-refractivity contribution < 1.29 is 14.3 Å². The van der Waals surface area contributed by atoms with Gasteiger partial charge in [0.05, 0.1) is 12.6 Å². The van der Waals surface area contributed by atoms with Gasteiger partial charge in [-0.1, -0.05) is 20.8 Å². The first kappa shape index (κ1) is 17.0. The van der Waals surface area contributed by atoms with E-state index in [9.17, 15) is 9.59 Å². The van der Waals surface area contributed by atoms with Crippen molar-refractivity contribution >= 4 is 11.8 Å². The summed E-state index contributed by atoms with van der Waals surface area (Å²) in [4.78, 5) is 26.5. The fourth-order valence-electron chi connectivity index (χ4n) is 2.50. The molecule has 2 atom stereocenters. The van der Waals surface area contributed by atoms with E-state index in [2.05, 4.69) is 19.2 Å². The summed E-state index contributed by atoms with van der Waals surface area (Å²) in [6.07, 6.45) is 0.949. The number of ether oxygens (including phenoxy) is 1. The maximum absolute atomic E-state index is 12.8. The van der Waals surface area contributed by atoms with Crippen LogP contribution in [-0.4, -0.2) is 48.1 Å². The topological polar surface area (TPSA) is 58.6 Å². The summed E-state index contributed by atoms with van der Waals surface area (Å²) in [6.45, 7) is 11.5. The lowest BCUT2D eigenvalue weighted by Crippen LogP contribution is -2.58. The van der Waals surface area contributed by atoms with Crippen LogP contribution in [0.25, 0.3) is 0 Å². The molecule has 1 N–H and O–H groups in total. The van der Waals surface area contributed by atoms with Crippen LogP contribution in [0.5, 0.6) is 0 Å². The molecular weight excluding hydrogens is 256 g/mol. The van der Waals surface area contributed by atoms with Crippen LogP contribution < -0.4 is 5.32 Å². The average molecular weight is 284 g/mol. The summed E-state index contributed by atoms with van der Waals surface area (Å²) in [5, 5.41) is 2.86. The Morgan fingerprint density at radius 3 is 2.50 bits per heavy atom. The van der Waals surface area contributed by atoms with E-state index in [0.29, 0.717) is 38.5 Å². The number of amides is 2. The van der Waals surface area contributed by atoms with Crippen molar-refractivity contribution in [2.75, 3.05) is 19.8 Å². The third-order valence-electron chi connectivity index (χ3n) is 4.10. The van der Waals surface area contributed by atoms with Gasteiger partial charge in [-0.25, -0.2) is 0 Å². The Labute approximate surface area is 122 Å². The van der Waals surface area contributed by atoms with Gasteiger partial charge in [-0.3, -0.25) is 9.59 Å². The van der Waals surface area contributed by atoms with Gasteiger partial charge in [0.1, 0.15) is 5.54 Å². The maximum Gasteiger partial charge on any atom is 0.248 e. The van der Waals surface area contributed by atoms with Gasteiger partial charge in [0.15, 0.2) is 0 Å². The molecule has 2 amide bonds. The molecule has 0 radical (unpaired) electrons. The fraction of sp³-hybridized carbons (Fsp3) is 0.867. The van der Waals surface area contributed by atoms with Crippen molar-refractivity contribution in [3.63, 3.8) is 0 Å². The normalized spacial score (nSPS) is 25.6. The lowest BCUT2D eigenvalue weighted by atomic mass is 9.94. The van der Waals surface area contributed by atoms with Crippen LogP contribution in [-0.2, 0) is 14.3 Å². The third-order valence-corrected chi connectivity index (χ3v) is 4.10. The zero-order valence-electron chi connectivity index (χ0n) is 13.4. The molecule has 1 fully saturated rings. The molecule has 1 aliphatic heterocycles. The van der Waals surface area contributed by atoms with Crippen LogP contribution in [0, 0.1) is 5.92 Å². The highest BCUT2D eigenvalue weighted by Crippen LogP contribution is 2.22. The second-order valence-corrected chi connectivity index (χ2v) is 5.95. The Morgan fingerprint density at radius 2 is 2.00 bits per heavy atom. The largest absolute Gasteiger partial charge is 0.380 e. The minimum absolute atomic E-state index is 0.00394. The van der Waals surface area contributed by atoms with E-state index in [1.54, 1.807) is 0 Å². The first-order valence-corrected chi connectivity index (χ1v) is 7.55. The molecule has 0 aromatic heterocycles. The average Bonchev–Trinajstić information content (AvgIpc) is 2.50. The zero-order chi connectivity index (χ0) is 15.3. The predicted octanol–water partition coefficient (Wildman–Crippen LogP) is 1.56. The summed E-state index contributed by atoms with van der Waals surface area (Å²) >= 11 is 0. The second kappa shape index (κ2) is 7.07. The quantitative estimate of drug-likeness (QED) is 0.805. The number of nitrogens with zero attached hydrogens (tertiary/aromatic N) is 1. The Morgan fingerprint density at radius 1 is 1.35 bits per heavy atom. The van der Waals surface area contributed by atoms with Crippen molar-refractivity contribution in [2.24, 2.45) is 5.92 Å². The maximum atomic E-state index is 12.8.